The molecule has 2 N–H and O–H groups in total. The molecule has 0 radical (unpaired) electrons. The molecule has 0 aromatic rings. The van der Waals surface area contributed by atoms with Crippen molar-refractivity contribution in [2.75, 3.05) is 6.54 Å². The van der Waals surface area contributed by atoms with Gasteiger partial charge >= 0.3 is 11.9 Å². The highest BCUT2D eigenvalue weighted by atomic mass is 19.3. The number of carbonyl (C=O) groups is 1. The number of rotatable bonds is 4. The van der Waals surface area contributed by atoms with Crippen molar-refractivity contribution in [2.24, 2.45) is 0 Å². The molecule has 0 unspecified atom stereocenters. The lowest BCUT2D eigenvalue weighted by Crippen LogP contribution is -2.43. The molecule has 5 heteroatoms. The third-order valence-corrected chi connectivity index (χ3v) is 2.28. The van der Waals surface area contributed by atoms with Gasteiger partial charge in [0.1, 0.15) is 0 Å². The first kappa shape index (κ1) is 10.4. The van der Waals surface area contributed by atoms with Crippen molar-refractivity contribution in [3.8, 4) is 0 Å². The number of halogens is 2. The van der Waals surface area contributed by atoms with Crippen LogP contribution in [0.15, 0.2) is 0 Å². The van der Waals surface area contributed by atoms with E-state index in [2.05, 4.69) is 5.32 Å². The summed E-state index contributed by atoms with van der Waals surface area (Å²) in [5.41, 5.74) is 0. The first-order valence-corrected chi connectivity index (χ1v) is 4.37. The molecule has 0 aromatic carbocycles. The number of nitrogens with one attached hydrogen (secondary N) is 1. The van der Waals surface area contributed by atoms with Gasteiger partial charge in [-0.1, -0.05) is 12.8 Å². The van der Waals surface area contributed by atoms with E-state index in [0.717, 1.165) is 25.7 Å². The number of carboxylic acids is 1. The van der Waals surface area contributed by atoms with E-state index in [1.165, 1.54) is 0 Å². The Morgan fingerprint density at radius 3 is 2.46 bits per heavy atom. The molecule has 1 fully saturated rings. The molecular weight excluding hydrogens is 180 g/mol. The van der Waals surface area contributed by atoms with Crippen LogP contribution in [0.5, 0.6) is 0 Å². The quantitative estimate of drug-likeness (QED) is 0.706. The Kier molecular flexibility index (Phi) is 3.19. The highest BCUT2D eigenvalue weighted by Gasteiger charge is 2.39. The average Bonchev–Trinajstić information content (AvgIpc) is 2.52. The largest absolute Gasteiger partial charge is 0.477 e. The standard InChI is InChI=1S/C8H13F2NO2/c9-8(10,7(12)13)5-11-6-3-1-2-4-6/h6,11H,1-5H2,(H,12,13). The van der Waals surface area contributed by atoms with E-state index in [0.29, 0.717) is 0 Å². The topological polar surface area (TPSA) is 49.3 Å². The molecule has 1 aliphatic rings. The van der Waals surface area contributed by atoms with Gasteiger partial charge in [0.2, 0.25) is 0 Å². The lowest BCUT2D eigenvalue weighted by Gasteiger charge is -2.16. The van der Waals surface area contributed by atoms with Crippen molar-refractivity contribution in [2.45, 2.75) is 37.6 Å². The number of alkyl halides is 2. The Morgan fingerprint density at radius 1 is 1.46 bits per heavy atom. The summed E-state index contributed by atoms with van der Waals surface area (Å²) in [5.74, 6) is -5.69. The minimum atomic E-state index is -3.64. The summed E-state index contributed by atoms with van der Waals surface area (Å²) in [6, 6.07) is 0.0743. The van der Waals surface area contributed by atoms with E-state index in [9.17, 15) is 13.6 Å². The molecule has 1 saturated carbocycles. The molecule has 1 aliphatic carbocycles. The fraction of sp³-hybridized carbons (Fsp3) is 0.875. The van der Waals surface area contributed by atoms with Gasteiger partial charge in [-0.3, -0.25) is 0 Å². The molecule has 0 bridgehead atoms. The Hall–Kier alpha value is -0.710. The van der Waals surface area contributed by atoms with Crippen molar-refractivity contribution in [3.05, 3.63) is 0 Å². The van der Waals surface area contributed by atoms with E-state index < -0.39 is 18.4 Å². The van der Waals surface area contributed by atoms with Gasteiger partial charge in [0.15, 0.2) is 0 Å². The van der Waals surface area contributed by atoms with Crippen LogP contribution in [0.4, 0.5) is 8.78 Å². The van der Waals surface area contributed by atoms with Gasteiger partial charge < -0.3 is 10.4 Å². The van der Waals surface area contributed by atoms with E-state index in [4.69, 9.17) is 5.11 Å². The van der Waals surface area contributed by atoms with Crippen LogP contribution >= 0.6 is 0 Å². The number of carboxylic acid groups (broad SMARTS) is 1. The first-order chi connectivity index (χ1) is 6.02. The van der Waals surface area contributed by atoms with Crippen molar-refractivity contribution < 1.29 is 18.7 Å². The fourth-order valence-electron chi connectivity index (χ4n) is 1.48. The normalized spacial score (nSPS) is 19.2. The molecule has 0 atom stereocenters. The third kappa shape index (κ3) is 2.91. The van der Waals surface area contributed by atoms with Crippen molar-refractivity contribution in [1.82, 2.24) is 5.32 Å². The fourth-order valence-corrected chi connectivity index (χ4v) is 1.48. The van der Waals surface area contributed by atoms with Crippen LogP contribution in [0.3, 0.4) is 0 Å². The van der Waals surface area contributed by atoms with Crippen LogP contribution in [-0.2, 0) is 4.79 Å². The lowest BCUT2D eigenvalue weighted by molar-refractivity contribution is -0.164. The Morgan fingerprint density at radius 2 is 2.00 bits per heavy atom. The molecule has 0 aromatic heterocycles. The van der Waals surface area contributed by atoms with Crippen LogP contribution in [-0.4, -0.2) is 29.6 Å². The molecule has 1 rings (SSSR count). The predicted molar refractivity (Wildman–Crippen MR) is 42.8 cm³/mol. The van der Waals surface area contributed by atoms with Crippen LogP contribution < -0.4 is 5.32 Å². The van der Waals surface area contributed by atoms with E-state index in [1.54, 1.807) is 0 Å². The minimum Gasteiger partial charge on any atom is -0.477 e. The predicted octanol–water partition coefficient (Wildman–Crippen LogP) is 1.24. The summed E-state index contributed by atoms with van der Waals surface area (Å²) in [7, 11) is 0. The van der Waals surface area contributed by atoms with Gasteiger partial charge in [-0.05, 0) is 12.8 Å². The van der Waals surface area contributed by atoms with Gasteiger partial charge in [-0.25, -0.2) is 4.79 Å². The van der Waals surface area contributed by atoms with Crippen molar-refractivity contribution >= 4 is 5.97 Å². The van der Waals surface area contributed by atoms with Crippen LogP contribution in [0.2, 0.25) is 0 Å². The smallest absolute Gasteiger partial charge is 0.375 e. The number of aliphatic carboxylic acids is 1. The second-order valence-electron chi connectivity index (χ2n) is 3.37. The third-order valence-electron chi connectivity index (χ3n) is 2.28. The molecule has 0 amide bonds. The lowest BCUT2D eigenvalue weighted by atomic mass is 10.2. The maximum atomic E-state index is 12.5. The maximum absolute atomic E-state index is 12.5. The highest BCUT2D eigenvalue weighted by molar-refractivity contribution is 5.75. The zero-order chi connectivity index (χ0) is 9.90. The van der Waals surface area contributed by atoms with E-state index >= 15 is 0 Å². The Bertz CT molecular complexity index is 191. The molecule has 3 nitrogen and oxygen atoms in total. The zero-order valence-corrected chi connectivity index (χ0v) is 7.22. The van der Waals surface area contributed by atoms with Gasteiger partial charge in [0, 0.05) is 6.04 Å². The molecule has 0 spiro atoms. The van der Waals surface area contributed by atoms with Gasteiger partial charge in [0.05, 0.1) is 6.54 Å². The van der Waals surface area contributed by atoms with Gasteiger partial charge in [-0.15, -0.1) is 0 Å². The molecule has 0 saturated heterocycles. The second kappa shape index (κ2) is 4.00. The molecule has 76 valence electrons. The summed E-state index contributed by atoms with van der Waals surface area (Å²) in [4.78, 5) is 10.0. The van der Waals surface area contributed by atoms with Crippen LogP contribution in [0.25, 0.3) is 0 Å². The molecule has 0 aliphatic heterocycles. The second-order valence-corrected chi connectivity index (χ2v) is 3.37. The molecule has 0 heterocycles. The van der Waals surface area contributed by atoms with Gasteiger partial charge in [-0.2, -0.15) is 8.78 Å². The summed E-state index contributed by atoms with van der Waals surface area (Å²) in [6.07, 6.45) is 3.82. The summed E-state index contributed by atoms with van der Waals surface area (Å²) in [6.45, 7) is -0.757. The van der Waals surface area contributed by atoms with Crippen LogP contribution in [0, 0.1) is 0 Å². The summed E-state index contributed by atoms with van der Waals surface area (Å²) < 4.78 is 25.1. The molecule has 13 heavy (non-hydrogen) atoms. The van der Waals surface area contributed by atoms with E-state index in [1.807, 2.05) is 0 Å². The zero-order valence-electron chi connectivity index (χ0n) is 7.22. The average molecular weight is 193 g/mol. The Balaban J connectivity index is 2.28. The number of hydrogen-bond donors (Lipinski definition) is 2. The highest BCUT2D eigenvalue weighted by Crippen LogP contribution is 2.19. The molecular formula is C8H13F2NO2. The Labute approximate surface area is 75.1 Å². The summed E-state index contributed by atoms with van der Waals surface area (Å²) in [5, 5.41) is 10.7. The number of hydrogen-bond acceptors (Lipinski definition) is 2. The van der Waals surface area contributed by atoms with Crippen molar-refractivity contribution in [3.63, 3.8) is 0 Å². The van der Waals surface area contributed by atoms with E-state index in [-0.39, 0.29) is 6.04 Å². The minimum absolute atomic E-state index is 0.0743. The van der Waals surface area contributed by atoms with Gasteiger partial charge in [0.25, 0.3) is 0 Å². The monoisotopic (exact) mass is 193 g/mol. The maximum Gasteiger partial charge on any atom is 0.375 e. The first-order valence-electron chi connectivity index (χ1n) is 4.37. The summed E-state index contributed by atoms with van der Waals surface area (Å²) >= 11 is 0. The van der Waals surface area contributed by atoms with Crippen molar-refractivity contribution in [1.29, 1.82) is 0 Å². The van der Waals surface area contributed by atoms with Crippen LogP contribution in [0.1, 0.15) is 25.7 Å². The SMILES string of the molecule is O=C(O)C(F)(F)CNC1CCCC1.